The average Bonchev–Trinajstić information content (AvgIpc) is 2.59. The second kappa shape index (κ2) is 8.03. The second-order valence-corrected chi connectivity index (χ2v) is 6.92. The van der Waals surface area contributed by atoms with Gasteiger partial charge in [0.05, 0.1) is 13.2 Å². The second-order valence-electron chi connectivity index (χ2n) is 6.92. The van der Waals surface area contributed by atoms with Gasteiger partial charge >= 0.3 is 6.03 Å². The number of carbonyl (C=O) groups excluding carboxylic acids is 1. The number of hydrogen-bond acceptors (Lipinski definition) is 3. The molecule has 0 radical (unpaired) electrons. The summed E-state index contributed by atoms with van der Waals surface area (Å²) in [6, 6.07) is 14.6. The zero-order valence-electron chi connectivity index (χ0n) is 15.2. The summed E-state index contributed by atoms with van der Waals surface area (Å²) in [6.07, 6.45) is -0.842. The Kier molecular flexibility index (Phi) is 6.04. The molecule has 2 aromatic carbocycles. The van der Waals surface area contributed by atoms with Crippen molar-refractivity contribution in [2.75, 3.05) is 19.0 Å². The van der Waals surface area contributed by atoms with Gasteiger partial charge in [0.25, 0.3) is 0 Å². The molecule has 2 aromatic rings. The highest BCUT2D eigenvalue weighted by Crippen LogP contribution is 2.25. The minimum Gasteiger partial charge on any atom is -0.496 e. The number of rotatable bonds is 5. The molecule has 25 heavy (non-hydrogen) atoms. The number of ether oxygens (including phenoxy) is 1. The minimum absolute atomic E-state index is 0.0691. The SMILES string of the molecule is COc1ccccc1C(O)CNC(=O)Nc1ccc(C(C)(C)C)cc1. The first-order valence-corrected chi connectivity index (χ1v) is 8.27. The lowest BCUT2D eigenvalue weighted by Crippen LogP contribution is -2.32. The highest BCUT2D eigenvalue weighted by atomic mass is 16.5. The van der Waals surface area contributed by atoms with Crippen LogP contribution < -0.4 is 15.4 Å². The van der Waals surface area contributed by atoms with Gasteiger partial charge in [-0.3, -0.25) is 0 Å². The van der Waals surface area contributed by atoms with E-state index in [1.807, 2.05) is 36.4 Å². The number of para-hydroxylation sites is 1. The highest BCUT2D eigenvalue weighted by molar-refractivity contribution is 5.89. The molecule has 1 unspecified atom stereocenters. The normalized spacial score (nSPS) is 12.4. The predicted octanol–water partition coefficient (Wildman–Crippen LogP) is 3.85. The van der Waals surface area contributed by atoms with E-state index in [-0.39, 0.29) is 18.0 Å². The van der Waals surface area contributed by atoms with Gasteiger partial charge in [-0.15, -0.1) is 0 Å². The van der Waals surface area contributed by atoms with E-state index < -0.39 is 6.10 Å². The van der Waals surface area contributed by atoms with Gasteiger partial charge in [-0.2, -0.15) is 0 Å². The molecule has 1 atom stereocenters. The van der Waals surface area contributed by atoms with Crippen molar-refractivity contribution in [2.24, 2.45) is 0 Å². The van der Waals surface area contributed by atoms with E-state index in [1.54, 1.807) is 19.2 Å². The Morgan fingerprint density at radius 2 is 1.76 bits per heavy atom. The molecule has 2 amide bonds. The van der Waals surface area contributed by atoms with Crippen molar-refractivity contribution in [1.82, 2.24) is 5.32 Å². The van der Waals surface area contributed by atoms with Gasteiger partial charge in [0.15, 0.2) is 0 Å². The Bertz CT molecular complexity index is 706. The molecule has 134 valence electrons. The number of aliphatic hydroxyl groups is 1. The molecule has 0 spiro atoms. The molecule has 3 N–H and O–H groups in total. The van der Waals surface area contributed by atoms with E-state index in [9.17, 15) is 9.90 Å². The predicted molar refractivity (Wildman–Crippen MR) is 100 cm³/mol. The lowest BCUT2D eigenvalue weighted by atomic mass is 9.87. The third-order valence-corrected chi connectivity index (χ3v) is 3.96. The molecule has 0 heterocycles. The van der Waals surface area contributed by atoms with Gasteiger partial charge in [-0.05, 0) is 29.2 Å². The first kappa shape index (κ1) is 18.8. The van der Waals surface area contributed by atoms with Gasteiger partial charge in [0.2, 0.25) is 0 Å². The average molecular weight is 342 g/mol. The van der Waals surface area contributed by atoms with Gasteiger partial charge in [0.1, 0.15) is 5.75 Å². The zero-order valence-corrected chi connectivity index (χ0v) is 15.2. The first-order chi connectivity index (χ1) is 11.8. The van der Waals surface area contributed by atoms with Crippen LogP contribution in [0.3, 0.4) is 0 Å². The van der Waals surface area contributed by atoms with E-state index in [0.717, 1.165) is 0 Å². The van der Waals surface area contributed by atoms with Crippen LogP contribution in [0.25, 0.3) is 0 Å². The molecule has 0 aliphatic carbocycles. The van der Waals surface area contributed by atoms with Crippen LogP contribution in [0.1, 0.15) is 38.0 Å². The Labute approximate surface area is 149 Å². The molecular formula is C20H26N2O3. The maximum Gasteiger partial charge on any atom is 0.319 e. The number of hydrogen-bond donors (Lipinski definition) is 3. The quantitative estimate of drug-likeness (QED) is 0.773. The van der Waals surface area contributed by atoms with Crippen molar-refractivity contribution in [2.45, 2.75) is 32.3 Å². The molecule has 0 saturated heterocycles. The summed E-state index contributed by atoms with van der Waals surface area (Å²) in [5, 5.41) is 15.7. The van der Waals surface area contributed by atoms with E-state index in [4.69, 9.17) is 4.74 Å². The Balaban J connectivity index is 1.90. The Hall–Kier alpha value is -2.53. The van der Waals surface area contributed by atoms with Crippen molar-refractivity contribution in [3.63, 3.8) is 0 Å². The summed E-state index contributed by atoms with van der Waals surface area (Å²) in [6.45, 7) is 6.51. The fraction of sp³-hybridized carbons (Fsp3) is 0.350. The molecule has 0 bridgehead atoms. The highest BCUT2D eigenvalue weighted by Gasteiger charge is 2.15. The van der Waals surface area contributed by atoms with Gasteiger partial charge in [-0.25, -0.2) is 4.79 Å². The summed E-state index contributed by atoms with van der Waals surface area (Å²) < 4.78 is 5.22. The molecule has 0 aliphatic rings. The summed E-state index contributed by atoms with van der Waals surface area (Å²) in [5.41, 5.74) is 2.61. The third kappa shape index (κ3) is 5.22. The fourth-order valence-corrected chi connectivity index (χ4v) is 2.47. The van der Waals surface area contributed by atoms with Gasteiger partial charge < -0.3 is 20.5 Å². The van der Waals surface area contributed by atoms with E-state index in [0.29, 0.717) is 17.0 Å². The van der Waals surface area contributed by atoms with Crippen molar-refractivity contribution in [1.29, 1.82) is 0 Å². The molecule has 2 rings (SSSR count). The van der Waals surface area contributed by atoms with Crippen LogP contribution in [0.15, 0.2) is 48.5 Å². The van der Waals surface area contributed by atoms with Crippen LogP contribution in [-0.2, 0) is 5.41 Å². The first-order valence-electron chi connectivity index (χ1n) is 8.27. The molecule has 0 aliphatic heterocycles. The number of benzene rings is 2. The van der Waals surface area contributed by atoms with Crippen LogP contribution in [0.2, 0.25) is 0 Å². The number of methoxy groups -OCH3 is 1. The van der Waals surface area contributed by atoms with E-state index in [1.165, 1.54) is 5.56 Å². The lowest BCUT2D eigenvalue weighted by Gasteiger charge is -2.19. The van der Waals surface area contributed by atoms with Crippen LogP contribution in [-0.4, -0.2) is 24.8 Å². The van der Waals surface area contributed by atoms with E-state index >= 15 is 0 Å². The van der Waals surface area contributed by atoms with Crippen LogP contribution >= 0.6 is 0 Å². The number of nitrogens with one attached hydrogen (secondary N) is 2. The number of amides is 2. The summed E-state index contributed by atoms with van der Waals surface area (Å²) in [5.74, 6) is 0.593. The number of urea groups is 1. The Morgan fingerprint density at radius 1 is 1.12 bits per heavy atom. The van der Waals surface area contributed by atoms with Crippen LogP contribution in [0.4, 0.5) is 10.5 Å². The van der Waals surface area contributed by atoms with E-state index in [2.05, 4.69) is 31.4 Å². The molecule has 0 aromatic heterocycles. The summed E-state index contributed by atoms with van der Waals surface area (Å²) in [4.78, 5) is 12.0. The standard InChI is InChI=1S/C20H26N2O3/c1-20(2,3)14-9-11-15(12-10-14)22-19(24)21-13-17(23)16-7-5-6-8-18(16)25-4/h5-12,17,23H,13H2,1-4H3,(H2,21,22,24). The number of carbonyl (C=O) groups is 1. The number of anilines is 1. The molecule has 5 nitrogen and oxygen atoms in total. The van der Waals surface area contributed by atoms with Crippen molar-refractivity contribution < 1.29 is 14.6 Å². The monoisotopic (exact) mass is 342 g/mol. The van der Waals surface area contributed by atoms with Crippen LogP contribution in [0, 0.1) is 0 Å². The molecule has 0 fully saturated rings. The topological polar surface area (TPSA) is 70.6 Å². The van der Waals surface area contributed by atoms with Crippen LogP contribution in [0.5, 0.6) is 5.75 Å². The van der Waals surface area contributed by atoms with Crippen molar-refractivity contribution in [3.8, 4) is 5.75 Å². The van der Waals surface area contributed by atoms with Crippen molar-refractivity contribution in [3.05, 3.63) is 59.7 Å². The molecular weight excluding hydrogens is 316 g/mol. The van der Waals surface area contributed by atoms with Gasteiger partial charge in [0, 0.05) is 17.8 Å². The minimum atomic E-state index is -0.842. The maximum absolute atomic E-state index is 12.0. The summed E-state index contributed by atoms with van der Waals surface area (Å²) in [7, 11) is 1.55. The fourth-order valence-electron chi connectivity index (χ4n) is 2.47. The smallest absolute Gasteiger partial charge is 0.319 e. The maximum atomic E-state index is 12.0. The largest absolute Gasteiger partial charge is 0.496 e. The molecule has 5 heteroatoms. The third-order valence-electron chi connectivity index (χ3n) is 3.96. The summed E-state index contributed by atoms with van der Waals surface area (Å²) >= 11 is 0. The zero-order chi connectivity index (χ0) is 18.4. The number of aliphatic hydroxyl groups excluding tert-OH is 1. The lowest BCUT2D eigenvalue weighted by molar-refractivity contribution is 0.171. The Morgan fingerprint density at radius 3 is 2.36 bits per heavy atom. The van der Waals surface area contributed by atoms with Gasteiger partial charge in [-0.1, -0.05) is 51.1 Å². The van der Waals surface area contributed by atoms with Crippen molar-refractivity contribution >= 4 is 11.7 Å². The molecule has 0 saturated carbocycles.